The summed E-state index contributed by atoms with van der Waals surface area (Å²) in [5.41, 5.74) is 3.70. The molecule has 3 nitrogen and oxygen atoms in total. The second-order valence-electron chi connectivity index (χ2n) is 7.01. The van der Waals surface area contributed by atoms with Crippen molar-refractivity contribution in [1.82, 2.24) is 10.2 Å². The number of likely N-dealkylation sites (tertiary alicyclic amines) is 1. The highest BCUT2D eigenvalue weighted by atomic mass is 16.3. The lowest BCUT2D eigenvalue weighted by molar-refractivity contribution is 0.221. The number of nitrogens with zero attached hydrogens (tertiary/aromatic N) is 1. The molecular weight excluding hydrogens is 308 g/mol. The van der Waals surface area contributed by atoms with Crippen LogP contribution in [0.3, 0.4) is 0 Å². The Labute approximate surface area is 149 Å². The fourth-order valence-electron chi connectivity index (χ4n) is 3.59. The van der Waals surface area contributed by atoms with Gasteiger partial charge in [-0.1, -0.05) is 48.9 Å². The summed E-state index contributed by atoms with van der Waals surface area (Å²) in [5, 5.41) is 4.64. The first-order valence-electron chi connectivity index (χ1n) is 9.35. The number of piperidine rings is 1. The minimum atomic E-state index is 0.754. The summed E-state index contributed by atoms with van der Waals surface area (Å²) in [7, 11) is 0. The Bertz CT molecular complexity index is 767. The molecule has 3 heteroatoms. The van der Waals surface area contributed by atoms with Crippen LogP contribution in [0, 0.1) is 0 Å². The van der Waals surface area contributed by atoms with Crippen molar-refractivity contribution in [3.63, 3.8) is 0 Å². The molecule has 4 rings (SSSR count). The van der Waals surface area contributed by atoms with Crippen molar-refractivity contribution in [3.8, 4) is 0 Å². The number of rotatable bonds is 6. The zero-order valence-electron chi connectivity index (χ0n) is 14.7. The van der Waals surface area contributed by atoms with E-state index in [0.29, 0.717) is 0 Å². The molecule has 0 unspecified atom stereocenters. The van der Waals surface area contributed by atoms with E-state index in [1.165, 1.54) is 48.9 Å². The van der Waals surface area contributed by atoms with E-state index in [0.717, 1.165) is 31.0 Å². The smallest absolute Gasteiger partial charge is 0.134 e. The Morgan fingerprint density at radius 2 is 1.60 bits per heavy atom. The van der Waals surface area contributed by atoms with Gasteiger partial charge in [0, 0.05) is 18.5 Å². The van der Waals surface area contributed by atoms with Gasteiger partial charge < -0.3 is 9.73 Å². The molecule has 1 saturated heterocycles. The molecule has 130 valence electrons. The van der Waals surface area contributed by atoms with Gasteiger partial charge in [-0.15, -0.1) is 0 Å². The minimum Gasteiger partial charge on any atom is -0.460 e. The number of hydrogen-bond acceptors (Lipinski definition) is 3. The summed E-state index contributed by atoms with van der Waals surface area (Å²) in [6.07, 6.45) is 4.10. The number of benzene rings is 2. The van der Waals surface area contributed by atoms with Crippen LogP contribution < -0.4 is 5.32 Å². The molecule has 0 spiro atoms. The first-order chi connectivity index (χ1) is 12.4. The van der Waals surface area contributed by atoms with Gasteiger partial charge in [-0.2, -0.15) is 0 Å². The van der Waals surface area contributed by atoms with Crippen LogP contribution in [0.5, 0.6) is 0 Å². The van der Waals surface area contributed by atoms with Crippen LogP contribution in [0.25, 0.3) is 11.0 Å². The lowest BCUT2D eigenvalue weighted by Gasteiger charge is -2.26. The predicted octanol–water partition coefficient (Wildman–Crippen LogP) is 4.71. The summed E-state index contributed by atoms with van der Waals surface area (Å²) >= 11 is 0. The van der Waals surface area contributed by atoms with E-state index >= 15 is 0 Å². The Kier molecular flexibility index (Phi) is 5.14. The van der Waals surface area contributed by atoms with Crippen molar-refractivity contribution in [2.24, 2.45) is 0 Å². The molecule has 0 amide bonds. The van der Waals surface area contributed by atoms with Crippen molar-refractivity contribution >= 4 is 11.0 Å². The highest BCUT2D eigenvalue weighted by Gasteiger charge is 2.10. The SMILES string of the molecule is c1ccc2oc(CNCc3ccc(CN4CCCCC4)cc3)cc2c1. The van der Waals surface area contributed by atoms with Crippen LogP contribution in [0.4, 0.5) is 0 Å². The maximum absolute atomic E-state index is 5.84. The maximum atomic E-state index is 5.84. The zero-order valence-corrected chi connectivity index (χ0v) is 14.7. The van der Waals surface area contributed by atoms with Gasteiger partial charge in [-0.3, -0.25) is 4.90 Å². The molecule has 1 aromatic heterocycles. The quantitative estimate of drug-likeness (QED) is 0.708. The number of nitrogens with one attached hydrogen (secondary N) is 1. The van der Waals surface area contributed by atoms with Crippen LogP contribution >= 0.6 is 0 Å². The van der Waals surface area contributed by atoms with Crippen LogP contribution in [-0.4, -0.2) is 18.0 Å². The number of hydrogen-bond donors (Lipinski definition) is 1. The van der Waals surface area contributed by atoms with Gasteiger partial charge in [0.15, 0.2) is 0 Å². The molecule has 1 aliphatic rings. The third kappa shape index (κ3) is 4.30. The van der Waals surface area contributed by atoms with Gasteiger partial charge in [0.05, 0.1) is 6.54 Å². The van der Waals surface area contributed by atoms with Crippen LogP contribution in [0.2, 0.25) is 0 Å². The standard InChI is InChI=1S/C22H26N2O/c1-4-12-24(13-5-1)17-19-10-8-18(9-11-19)15-23-16-21-14-20-6-2-3-7-22(20)25-21/h2-3,6-11,14,23H,1,4-5,12-13,15-17H2. The van der Waals surface area contributed by atoms with Crippen molar-refractivity contribution in [2.45, 2.75) is 38.9 Å². The third-order valence-electron chi connectivity index (χ3n) is 4.98. The number of furan rings is 1. The first-order valence-corrected chi connectivity index (χ1v) is 9.35. The molecule has 2 aromatic carbocycles. The second-order valence-corrected chi connectivity index (χ2v) is 7.01. The van der Waals surface area contributed by atoms with E-state index in [1.54, 1.807) is 0 Å². The van der Waals surface area contributed by atoms with Gasteiger partial charge in [-0.25, -0.2) is 0 Å². The topological polar surface area (TPSA) is 28.4 Å². The summed E-state index contributed by atoms with van der Waals surface area (Å²) in [6.45, 7) is 5.21. The van der Waals surface area contributed by atoms with Crippen LogP contribution in [0.1, 0.15) is 36.1 Å². The van der Waals surface area contributed by atoms with Crippen molar-refractivity contribution in [1.29, 1.82) is 0 Å². The van der Waals surface area contributed by atoms with E-state index in [4.69, 9.17) is 4.42 Å². The van der Waals surface area contributed by atoms with Crippen molar-refractivity contribution in [2.75, 3.05) is 13.1 Å². The van der Waals surface area contributed by atoms with E-state index in [9.17, 15) is 0 Å². The summed E-state index contributed by atoms with van der Waals surface area (Å²) in [4.78, 5) is 2.57. The second kappa shape index (κ2) is 7.85. The highest BCUT2D eigenvalue weighted by molar-refractivity contribution is 5.77. The largest absolute Gasteiger partial charge is 0.460 e. The van der Waals surface area contributed by atoms with Crippen LogP contribution in [0.15, 0.2) is 59.0 Å². The summed E-state index contributed by atoms with van der Waals surface area (Å²) < 4.78 is 5.84. The Hall–Kier alpha value is -2.10. The summed E-state index contributed by atoms with van der Waals surface area (Å²) in [5.74, 6) is 0.989. The van der Waals surface area contributed by atoms with E-state index < -0.39 is 0 Å². The fraction of sp³-hybridized carbons (Fsp3) is 0.364. The maximum Gasteiger partial charge on any atom is 0.134 e. The molecule has 0 atom stereocenters. The zero-order chi connectivity index (χ0) is 16.9. The van der Waals surface area contributed by atoms with Gasteiger partial charge in [-0.05, 0) is 49.2 Å². The molecule has 2 heterocycles. The average Bonchev–Trinajstić information content (AvgIpc) is 3.07. The fourth-order valence-corrected chi connectivity index (χ4v) is 3.59. The van der Waals surface area contributed by atoms with E-state index in [-0.39, 0.29) is 0 Å². The van der Waals surface area contributed by atoms with E-state index in [2.05, 4.69) is 46.6 Å². The Morgan fingerprint density at radius 1 is 0.840 bits per heavy atom. The first kappa shape index (κ1) is 16.4. The molecule has 1 N–H and O–H groups in total. The number of fused-ring (bicyclic) bond motifs is 1. The van der Waals surface area contributed by atoms with Gasteiger partial charge in [0.25, 0.3) is 0 Å². The summed E-state index contributed by atoms with van der Waals surface area (Å²) in [6, 6.07) is 19.3. The molecule has 25 heavy (non-hydrogen) atoms. The van der Waals surface area contributed by atoms with Gasteiger partial charge >= 0.3 is 0 Å². The lowest BCUT2D eigenvalue weighted by atomic mass is 10.1. The van der Waals surface area contributed by atoms with Gasteiger partial charge in [0.1, 0.15) is 11.3 Å². The van der Waals surface area contributed by atoms with Crippen LogP contribution in [-0.2, 0) is 19.6 Å². The molecule has 3 aromatic rings. The minimum absolute atomic E-state index is 0.754. The average molecular weight is 334 g/mol. The molecular formula is C22H26N2O. The van der Waals surface area contributed by atoms with Crippen molar-refractivity contribution < 1.29 is 4.42 Å². The number of para-hydroxylation sites is 1. The molecule has 0 radical (unpaired) electrons. The van der Waals surface area contributed by atoms with E-state index in [1.807, 2.05) is 18.2 Å². The lowest BCUT2D eigenvalue weighted by Crippen LogP contribution is -2.29. The Balaban J connectivity index is 1.27. The third-order valence-corrected chi connectivity index (χ3v) is 4.98. The monoisotopic (exact) mass is 334 g/mol. The van der Waals surface area contributed by atoms with Gasteiger partial charge in [0.2, 0.25) is 0 Å². The normalized spacial score (nSPS) is 15.7. The predicted molar refractivity (Wildman–Crippen MR) is 102 cm³/mol. The highest BCUT2D eigenvalue weighted by Crippen LogP contribution is 2.18. The molecule has 1 fully saturated rings. The molecule has 0 bridgehead atoms. The Morgan fingerprint density at radius 3 is 2.40 bits per heavy atom. The molecule has 0 aliphatic carbocycles. The van der Waals surface area contributed by atoms with Crippen molar-refractivity contribution in [3.05, 3.63) is 71.5 Å². The molecule has 0 saturated carbocycles. The molecule has 1 aliphatic heterocycles.